The molecular formula is C18H17N3O4S2. The average Bonchev–Trinajstić information content (AvgIpc) is 3.21. The maximum absolute atomic E-state index is 12.3. The number of pyridine rings is 1. The number of carbonyl (C=O) groups excluding carboxylic acids is 1. The van der Waals surface area contributed by atoms with Gasteiger partial charge in [0.15, 0.2) is 0 Å². The van der Waals surface area contributed by atoms with Crippen molar-refractivity contribution in [3.8, 4) is 10.6 Å². The van der Waals surface area contributed by atoms with Crippen LogP contribution < -0.4 is 15.6 Å². The van der Waals surface area contributed by atoms with Crippen molar-refractivity contribution in [3.63, 3.8) is 0 Å². The molecule has 2 heterocycles. The highest BCUT2D eigenvalue weighted by Gasteiger charge is 2.14. The Balaban J connectivity index is 1.73. The lowest BCUT2D eigenvalue weighted by molar-refractivity contribution is 0.0949. The predicted octanol–water partition coefficient (Wildman–Crippen LogP) is 1.94. The molecule has 27 heavy (non-hydrogen) atoms. The van der Waals surface area contributed by atoms with Crippen LogP contribution in [-0.4, -0.2) is 26.4 Å². The van der Waals surface area contributed by atoms with Crippen molar-refractivity contribution in [2.75, 3.05) is 7.05 Å². The zero-order valence-electron chi connectivity index (χ0n) is 14.4. The lowest BCUT2D eigenvalue weighted by Gasteiger charge is -2.08. The Kier molecular flexibility index (Phi) is 5.54. The van der Waals surface area contributed by atoms with Gasteiger partial charge in [0.25, 0.3) is 11.5 Å². The summed E-state index contributed by atoms with van der Waals surface area (Å²) in [7, 11) is -2.23. The van der Waals surface area contributed by atoms with Gasteiger partial charge in [0, 0.05) is 6.54 Å². The molecule has 0 spiro atoms. The summed E-state index contributed by atoms with van der Waals surface area (Å²) in [6.07, 6.45) is 0. The molecule has 3 rings (SSSR count). The largest absolute Gasteiger partial charge is 0.348 e. The first-order valence-corrected chi connectivity index (χ1v) is 10.3. The quantitative estimate of drug-likeness (QED) is 0.584. The van der Waals surface area contributed by atoms with Crippen molar-refractivity contribution in [3.05, 3.63) is 75.4 Å². The van der Waals surface area contributed by atoms with Gasteiger partial charge in [0.05, 0.1) is 15.5 Å². The molecule has 0 saturated carbocycles. The Hall–Kier alpha value is -2.75. The van der Waals surface area contributed by atoms with E-state index in [0.717, 1.165) is 4.88 Å². The number of rotatable bonds is 6. The molecule has 3 aromatic rings. The smallest absolute Gasteiger partial charge is 0.261 e. The average molecular weight is 403 g/mol. The van der Waals surface area contributed by atoms with Crippen molar-refractivity contribution >= 4 is 27.3 Å². The molecule has 0 fully saturated rings. The summed E-state index contributed by atoms with van der Waals surface area (Å²) in [4.78, 5) is 28.2. The number of carbonyl (C=O) groups is 1. The summed E-state index contributed by atoms with van der Waals surface area (Å²) < 4.78 is 25.9. The number of hydrogen-bond acceptors (Lipinski definition) is 5. The molecule has 7 nitrogen and oxygen atoms in total. The van der Waals surface area contributed by atoms with E-state index in [-0.39, 0.29) is 17.0 Å². The SMILES string of the molecule is CNS(=O)(=O)c1cccc(CNC(=O)c2ccc(-c3cccs3)[nH]c2=O)c1. The topological polar surface area (TPSA) is 108 Å². The molecule has 3 N–H and O–H groups in total. The van der Waals surface area contributed by atoms with Gasteiger partial charge in [-0.2, -0.15) is 0 Å². The van der Waals surface area contributed by atoms with Crippen LogP contribution in [0.1, 0.15) is 15.9 Å². The van der Waals surface area contributed by atoms with Crippen LogP contribution in [0.3, 0.4) is 0 Å². The minimum absolute atomic E-state index is 0.00527. The molecule has 0 aliphatic carbocycles. The van der Waals surface area contributed by atoms with Crippen LogP contribution in [0, 0.1) is 0 Å². The Morgan fingerprint density at radius 2 is 1.96 bits per heavy atom. The van der Waals surface area contributed by atoms with E-state index in [1.54, 1.807) is 18.2 Å². The van der Waals surface area contributed by atoms with Crippen LogP contribution >= 0.6 is 11.3 Å². The highest BCUT2D eigenvalue weighted by molar-refractivity contribution is 7.89. The number of amides is 1. The van der Waals surface area contributed by atoms with E-state index < -0.39 is 21.5 Å². The van der Waals surface area contributed by atoms with Crippen molar-refractivity contribution < 1.29 is 13.2 Å². The van der Waals surface area contributed by atoms with Crippen molar-refractivity contribution in [2.45, 2.75) is 11.4 Å². The molecule has 0 aliphatic heterocycles. The number of thiophene rings is 1. The van der Waals surface area contributed by atoms with Crippen molar-refractivity contribution in [2.24, 2.45) is 0 Å². The minimum Gasteiger partial charge on any atom is -0.348 e. The number of aromatic nitrogens is 1. The van der Waals surface area contributed by atoms with E-state index in [0.29, 0.717) is 11.3 Å². The maximum atomic E-state index is 12.3. The summed E-state index contributed by atoms with van der Waals surface area (Å²) in [6, 6.07) is 13.1. The van der Waals surface area contributed by atoms with E-state index in [9.17, 15) is 18.0 Å². The lowest BCUT2D eigenvalue weighted by Crippen LogP contribution is -2.29. The Bertz CT molecular complexity index is 1120. The monoisotopic (exact) mass is 403 g/mol. The number of sulfonamides is 1. The summed E-state index contributed by atoms with van der Waals surface area (Å²) in [5, 5.41) is 4.53. The highest BCUT2D eigenvalue weighted by atomic mass is 32.2. The van der Waals surface area contributed by atoms with Gasteiger partial charge in [-0.15, -0.1) is 11.3 Å². The molecule has 0 atom stereocenters. The van der Waals surface area contributed by atoms with E-state index >= 15 is 0 Å². The zero-order chi connectivity index (χ0) is 19.4. The Morgan fingerprint density at radius 1 is 1.15 bits per heavy atom. The van der Waals surface area contributed by atoms with Crippen LogP contribution in [0.25, 0.3) is 10.6 Å². The van der Waals surface area contributed by atoms with E-state index in [4.69, 9.17) is 0 Å². The van der Waals surface area contributed by atoms with Crippen LogP contribution in [0.15, 0.2) is 63.6 Å². The first-order valence-electron chi connectivity index (χ1n) is 7.98. The number of nitrogens with one attached hydrogen (secondary N) is 3. The van der Waals surface area contributed by atoms with Gasteiger partial charge in [-0.3, -0.25) is 9.59 Å². The second-order valence-electron chi connectivity index (χ2n) is 5.63. The summed E-state index contributed by atoms with van der Waals surface area (Å²) >= 11 is 1.49. The molecule has 1 amide bonds. The summed E-state index contributed by atoms with van der Waals surface area (Å²) in [5.41, 5.74) is 0.766. The van der Waals surface area contributed by atoms with Gasteiger partial charge in [0.1, 0.15) is 5.56 Å². The number of hydrogen-bond donors (Lipinski definition) is 3. The van der Waals surface area contributed by atoms with E-state index in [1.807, 2.05) is 17.5 Å². The molecule has 1 aromatic carbocycles. The fraction of sp³-hybridized carbons (Fsp3) is 0.111. The molecule has 0 saturated heterocycles. The first-order chi connectivity index (χ1) is 12.9. The minimum atomic E-state index is -3.56. The fourth-order valence-corrected chi connectivity index (χ4v) is 3.95. The van der Waals surface area contributed by atoms with Gasteiger partial charge in [-0.05, 0) is 48.3 Å². The zero-order valence-corrected chi connectivity index (χ0v) is 16.0. The first kappa shape index (κ1) is 19.0. The van der Waals surface area contributed by atoms with E-state index in [1.165, 1.54) is 36.6 Å². The summed E-state index contributed by atoms with van der Waals surface area (Å²) in [6.45, 7) is 0.0953. The maximum Gasteiger partial charge on any atom is 0.261 e. The normalized spacial score (nSPS) is 11.3. The third kappa shape index (κ3) is 4.33. The third-order valence-electron chi connectivity index (χ3n) is 3.87. The van der Waals surface area contributed by atoms with Crippen molar-refractivity contribution in [1.29, 1.82) is 0 Å². The van der Waals surface area contributed by atoms with Gasteiger partial charge < -0.3 is 10.3 Å². The molecule has 0 unspecified atom stereocenters. The molecule has 2 aromatic heterocycles. The Labute approximate surface area is 160 Å². The summed E-state index contributed by atoms with van der Waals surface area (Å²) in [5.74, 6) is -0.532. The fourth-order valence-electron chi connectivity index (χ4n) is 2.45. The van der Waals surface area contributed by atoms with Gasteiger partial charge in [-0.1, -0.05) is 18.2 Å². The number of benzene rings is 1. The van der Waals surface area contributed by atoms with Crippen LogP contribution in [0.4, 0.5) is 0 Å². The number of aromatic amines is 1. The molecule has 0 radical (unpaired) electrons. The van der Waals surface area contributed by atoms with Crippen LogP contribution in [-0.2, 0) is 16.6 Å². The van der Waals surface area contributed by atoms with Gasteiger partial charge in [-0.25, -0.2) is 13.1 Å². The second-order valence-corrected chi connectivity index (χ2v) is 8.46. The van der Waals surface area contributed by atoms with Crippen molar-refractivity contribution in [1.82, 2.24) is 15.0 Å². The Morgan fingerprint density at radius 3 is 2.63 bits per heavy atom. The lowest BCUT2D eigenvalue weighted by atomic mass is 10.2. The van der Waals surface area contributed by atoms with Crippen LogP contribution in [0.5, 0.6) is 0 Å². The molecular weight excluding hydrogens is 386 g/mol. The highest BCUT2D eigenvalue weighted by Crippen LogP contribution is 2.21. The predicted molar refractivity (Wildman–Crippen MR) is 104 cm³/mol. The van der Waals surface area contributed by atoms with E-state index in [2.05, 4.69) is 15.0 Å². The molecule has 9 heteroatoms. The molecule has 140 valence electrons. The molecule has 0 aliphatic rings. The molecule has 0 bridgehead atoms. The number of H-pyrrole nitrogens is 1. The standard InChI is InChI=1S/C18H17N3O4S2/c1-19-27(24,25)13-5-2-4-12(10-13)11-20-17(22)14-7-8-15(21-18(14)23)16-6-3-9-26-16/h2-10,19H,11H2,1H3,(H,20,22)(H,21,23). The van der Waals surface area contributed by atoms with Gasteiger partial charge in [0.2, 0.25) is 10.0 Å². The van der Waals surface area contributed by atoms with Crippen LogP contribution in [0.2, 0.25) is 0 Å². The van der Waals surface area contributed by atoms with Gasteiger partial charge >= 0.3 is 0 Å². The second kappa shape index (κ2) is 7.87. The third-order valence-corrected chi connectivity index (χ3v) is 6.19.